The van der Waals surface area contributed by atoms with Crippen LogP contribution in [0.2, 0.25) is 0 Å². The molecule has 0 spiro atoms. The van der Waals surface area contributed by atoms with Gasteiger partial charge in [0.1, 0.15) is 0 Å². The van der Waals surface area contributed by atoms with Crippen LogP contribution in [0.5, 0.6) is 0 Å². The Morgan fingerprint density at radius 3 is 1.79 bits per heavy atom. The molecule has 0 aliphatic heterocycles. The zero-order valence-corrected chi connectivity index (χ0v) is 15.3. The van der Waals surface area contributed by atoms with E-state index in [9.17, 15) is 4.79 Å². The number of rotatable bonds is 4. The van der Waals surface area contributed by atoms with Crippen LogP contribution in [-0.2, 0) is 0 Å². The molecular formula is C22H23OP. The van der Waals surface area contributed by atoms with Gasteiger partial charge in [-0.15, -0.1) is 0 Å². The predicted octanol–water partition coefficient (Wildman–Crippen LogP) is 4.60. The van der Waals surface area contributed by atoms with Gasteiger partial charge in [-0.05, 0) is 0 Å². The first-order valence-electron chi connectivity index (χ1n) is 8.17. The zero-order chi connectivity index (χ0) is 17.2. The van der Waals surface area contributed by atoms with Crippen LogP contribution in [0.4, 0.5) is 0 Å². The molecule has 0 saturated carbocycles. The van der Waals surface area contributed by atoms with Crippen molar-refractivity contribution < 1.29 is 4.79 Å². The van der Waals surface area contributed by atoms with E-state index in [4.69, 9.17) is 0 Å². The molecule has 3 rings (SSSR count). The molecule has 0 radical (unpaired) electrons. The van der Waals surface area contributed by atoms with E-state index in [-0.39, 0.29) is 5.52 Å². The van der Waals surface area contributed by atoms with Crippen LogP contribution in [0.15, 0.2) is 84.9 Å². The standard InChI is InChI=1S/C22H23OP/c1-18-12-10-11-17-21(18)24(2,3,20-15-8-5-9-16-20)22(23)19-13-6-4-7-14-19/h4-17H,1-3H3. The number of hydrogen-bond acceptors (Lipinski definition) is 1. The first-order chi connectivity index (χ1) is 11.4. The van der Waals surface area contributed by atoms with Gasteiger partial charge in [0.05, 0.1) is 0 Å². The molecule has 3 aromatic rings. The van der Waals surface area contributed by atoms with Crippen LogP contribution >= 0.6 is 6.60 Å². The number of hydrogen-bond donors (Lipinski definition) is 0. The summed E-state index contributed by atoms with van der Waals surface area (Å²) in [6.45, 7) is 3.43. The van der Waals surface area contributed by atoms with E-state index in [0.29, 0.717) is 0 Å². The molecule has 0 aliphatic carbocycles. The third kappa shape index (κ3) is 2.50. The van der Waals surface area contributed by atoms with Crippen molar-refractivity contribution >= 4 is 22.7 Å². The second kappa shape index (κ2) is 6.00. The second-order valence-corrected chi connectivity index (χ2v) is 12.6. The maximum atomic E-state index is 13.8. The predicted molar refractivity (Wildman–Crippen MR) is 106 cm³/mol. The minimum absolute atomic E-state index is 0.238. The van der Waals surface area contributed by atoms with Crippen LogP contribution < -0.4 is 10.6 Å². The summed E-state index contributed by atoms with van der Waals surface area (Å²) in [5.74, 6) is 0. The normalized spacial score (nSPS) is 13.0. The SMILES string of the molecule is Cc1ccccc1P(C)(C)(C(=O)c1ccccc1)c1ccccc1. The Bertz CT molecular complexity index is 867. The monoisotopic (exact) mass is 334 g/mol. The number of aryl methyl sites for hydroxylation is 1. The van der Waals surface area contributed by atoms with E-state index in [1.807, 2.05) is 60.7 Å². The van der Waals surface area contributed by atoms with Crippen molar-refractivity contribution in [3.05, 3.63) is 96.1 Å². The summed E-state index contributed by atoms with van der Waals surface area (Å²) in [5.41, 5.74) is 2.20. The third-order valence-corrected chi connectivity index (χ3v) is 10.3. The summed E-state index contributed by atoms with van der Waals surface area (Å²) in [6, 6.07) is 28.3. The van der Waals surface area contributed by atoms with Gasteiger partial charge in [0.25, 0.3) is 0 Å². The van der Waals surface area contributed by atoms with Gasteiger partial charge in [-0.2, -0.15) is 0 Å². The average molecular weight is 334 g/mol. The molecule has 0 heterocycles. The topological polar surface area (TPSA) is 17.1 Å². The molecule has 0 aromatic heterocycles. The Hall–Kier alpha value is -2.24. The Labute approximate surface area is 144 Å². The van der Waals surface area contributed by atoms with Gasteiger partial charge in [0.2, 0.25) is 0 Å². The van der Waals surface area contributed by atoms with Gasteiger partial charge >= 0.3 is 144 Å². The molecule has 0 saturated heterocycles. The van der Waals surface area contributed by atoms with E-state index in [0.717, 1.165) is 10.9 Å². The van der Waals surface area contributed by atoms with E-state index >= 15 is 0 Å². The summed E-state index contributed by atoms with van der Waals surface area (Å²) in [4.78, 5) is 13.8. The van der Waals surface area contributed by atoms with Crippen molar-refractivity contribution in [3.63, 3.8) is 0 Å². The van der Waals surface area contributed by atoms with Crippen molar-refractivity contribution in [2.75, 3.05) is 13.3 Å². The molecule has 3 aromatic carbocycles. The minimum atomic E-state index is -3.03. The number of carbonyl (C=O) groups excluding carboxylic acids is 1. The summed E-state index contributed by atoms with van der Waals surface area (Å²) < 4.78 is 0. The number of benzene rings is 3. The average Bonchev–Trinajstić information content (AvgIpc) is 2.63. The van der Waals surface area contributed by atoms with Gasteiger partial charge in [-0.25, -0.2) is 0 Å². The van der Waals surface area contributed by atoms with Crippen molar-refractivity contribution in [2.45, 2.75) is 6.92 Å². The molecule has 0 atom stereocenters. The first-order valence-corrected chi connectivity index (χ1v) is 11.3. The fourth-order valence-corrected chi connectivity index (χ4v) is 7.91. The van der Waals surface area contributed by atoms with Crippen LogP contribution in [0.3, 0.4) is 0 Å². The van der Waals surface area contributed by atoms with Gasteiger partial charge in [-0.3, -0.25) is 0 Å². The molecule has 0 N–H and O–H groups in total. The van der Waals surface area contributed by atoms with E-state index in [1.165, 1.54) is 10.9 Å². The van der Waals surface area contributed by atoms with E-state index in [1.54, 1.807) is 0 Å². The van der Waals surface area contributed by atoms with Crippen LogP contribution in [0.25, 0.3) is 0 Å². The third-order valence-electron chi connectivity index (χ3n) is 5.00. The zero-order valence-electron chi connectivity index (χ0n) is 14.4. The maximum absolute atomic E-state index is 13.8. The van der Waals surface area contributed by atoms with E-state index in [2.05, 4.69) is 44.5 Å². The van der Waals surface area contributed by atoms with Crippen LogP contribution in [0.1, 0.15) is 15.9 Å². The summed E-state index contributed by atoms with van der Waals surface area (Å²) in [7, 11) is 0. The molecule has 0 bridgehead atoms. The fraction of sp³-hybridized carbons (Fsp3) is 0.136. The second-order valence-electron chi connectivity index (χ2n) is 6.92. The summed E-state index contributed by atoms with van der Waals surface area (Å²) in [6.07, 6.45) is 0. The fourth-order valence-electron chi connectivity index (χ4n) is 3.53. The molecule has 0 fully saturated rings. The van der Waals surface area contributed by atoms with Gasteiger partial charge in [-0.1, -0.05) is 0 Å². The molecule has 1 nitrogen and oxygen atoms in total. The summed E-state index contributed by atoms with van der Waals surface area (Å²) in [5, 5.41) is 2.30. The van der Waals surface area contributed by atoms with Gasteiger partial charge in [0, 0.05) is 0 Å². The van der Waals surface area contributed by atoms with Crippen molar-refractivity contribution in [1.29, 1.82) is 0 Å². The molecular weight excluding hydrogens is 311 g/mol. The first kappa shape index (κ1) is 16.6. The van der Waals surface area contributed by atoms with E-state index < -0.39 is 6.60 Å². The van der Waals surface area contributed by atoms with Crippen LogP contribution in [-0.4, -0.2) is 18.9 Å². The van der Waals surface area contributed by atoms with Crippen LogP contribution in [0, 0.1) is 6.92 Å². The Morgan fingerprint density at radius 1 is 0.708 bits per heavy atom. The molecule has 0 aliphatic rings. The Kier molecular flexibility index (Phi) is 4.15. The van der Waals surface area contributed by atoms with Crippen molar-refractivity contribution in [1.82, 2.24) is 0 Å². The Balaban J connectivity index is 2.35. The van der Waals surface area contributed by atoms with Crippen molar-refractivity contribution in [3.8, 4) is 0 Å². The molecule has 24 heavy (non-hydrogen) atoms. The van der Waals surface area contributed by atoms with Crippen molar-refractivity contribution in [2.24, 2.45) is 0 Å². The Morgan fingerprint density at radius 2 is 1.21 bits per heavy atom. The van der Waals surface area contributed by atoms with Gasteiger partial charge in [0.15, 0.2) is 0 Å². The number of carbonyl (C=O) groups is 1. The molecule has 0 amide bonds. The molecule has 122 valence electrons. The molecule has 0 unspecified atom stereocenters. The molecule has 2 heteroatoms. The quantitative estimate of drug-likeness (QED) is 0.637. The van der Waals surface area contributed by atoms with Gasteiger partial charge < -0.3 is 0 Å². The summed E-state index contributed by atoms with van der Waals surface area (Å²) >= 11 is 0.